The zero-order valence-electron chi connectivity index (χ0n) is 11.8. The average Bonchev–Trinajstić information content (AvgIpc) is 2.37. The lowest BCUT2D eigenvalue weighted by Crippen LogP contribution is -2.09. The van der Waals surface area contributed by atoms with E-state index >= 15 is 0 Å². The van der Waals surface area contributed by atoms with Crippen LogP contribution >= 0.6 is 15.9 Å². The number of aromatic nitrogens is 1. The van der Waals surface area contributed by atoms with Gasteiger partial charge >= 0.3 is 0 Å². The second kappa shape index (κ2) is 6.13. The highest BCUT2D eigenvalue weighted by molar-refractivity contribution is 9.10. The smallest absolute Gasteiger partial charge is 0.239 e. The van der Waals surface area contributed by atoms with E-state index < -0.39 is 0 Å². The van der Waals surface area contributed by atoms with Crippen LogP contribution in [-0.2, 0) is 0 Å². The number of halogens is 1. The van der Waals surface area contributed by atoms with Crippen molar-refractivity contribution in [3.63, 3.8) is 0 Å². The number of anilines is 3. The molecule has 3 N–H and O–H groups in total. The number of benzene rings is 1. The summed E-state index contributed by atoms with van der Waals surface area (Å²) in [5, 5.41) is 3.24. The van der Waals surface area contributed by atoms with Crippen LogP contribution in [0.3, 0.4) is 0 Å². The first-order chi connectivity index (χ1) is 9.45. The normalized spacial score (nSPS) is 10.7. The number of ether oxygens (including phenoxy) is 1. The predicted octanol–water partition coefficient (Wildman–Crippen LogP) is 4.27. The Morgan fingerprint density at radius 1 is 1.25 bits per heavy atom. The summed E-state index contributed by atoms with van der Waals surface area (Å²) >= 11 is 3.51. The Hall–Kier alpha value is -1.75. The number of hydrogen-bond donors (Lipinski definition) is 2. The molecule has 0 saturated carbocycles. The van der Waals surface area contributed by atoms with E-state index in [2.05, 4.69) is 26.2 Å². The van der Waals surface area contributed by atoms with Crippen molar-refractivity contribution in [1.29, 1.82) is 0 Å². The van der Waals surface area contributed by atoms with Gasteiger partial charge in [-0.15, -0.1) is 0 Å². The molecular formula is C15H18BrN3O. The lowest BCUT2D eigenvalue weighted by molar-refractivity contribution is 0.234. The molecule has 2 aromatic rings. The van der Waals surface area contributed by atoms with Gasteiger partial charge in [-0.2, -0.15) is 4.98 Å². The third kappa shape index (κ3) is 3.63. The Morgan fingerprint density at radius 2 is 2.00 bits per heavy atom. The first kappa shape index (κ1) is 14.7. The Kier molecular flexibility index (Phi) is 4.49. The number of nitrogens with one attached hydrogen (secondary N) is 1. The maximum Gasteiger partial charge on any atom is 0.239 e. The van der Waals surface area contributed by atoms with Crippen molar-refractivity contribution in [2.45, 2.75) is 26.9 Å². The highest BCUT2D eigenvalue weighted by Crippen LogP contribution is 2.26. The van der Waals surface area contributed by atoms with Crippen LogP contribution in [0.25, 0.3) is 0 Å². The second-order valence-electron chi connectivity index (χ2n) is 4.85. The second-order valence-corrected chi connectivity index (χ2v) is 5.70. The summed E-state index contributed by atoms with van der Waals surface area (Å²) in [6, 6.07) is 9.67. The zero-order chi connectivity index (χ0) is 14.7. The number of nitrogen functional groups attached to an aromatic ring is 1. The van der Waals surface area contributed by atoms with Crippen molar-refractivity contribution >= 4 is 33.1 Å². The fraction of sp³-hybridized carbons (Fsp3) is 0.267. The minimum Gasteiger partial charge on any atom is -0.473 e. The van der Waals surface area contributed by atoms with Crippen LogP contribution in [0, 0.1) is 6.92 Å². The molecule has 5 heteroatoms. The number of pyridine rings is 1. The summed E-state index contributed by atoms with van der Waals surface area (Å²) in [7, 11) is 0. The van der Waals surface area contributed by atoms with E-state index in [-0.39, 0.29) is 6.10 Å². The van der Waals surface area contributed by atoms with Crippen LogP contribution in [0.4, 0.5) is 17.2 Å². The van der Waals surface area contributed by atoms with Crippen LogP contribution in [0.5, 0.6) is 5.88 Å². The highest BCUT2D eigenvalue weighted by Gasteiger charge is 2.07. The Bertz CT molecular complexity index is 614. The molecule has 0 aliphatic carbocycles. The fourth-order valence-electron chi connectivity index (χ4n) is 1.66. The standard InChI is InChI=1S/C15H18BrN3O/c1-9(2)20-15-13(17)6-7-14(19-15)18-11-5-4-10(3)12(16)8-11/h4-9H,17H2,1-3H3,(H,18,19). The summed E-state index contributed by atoms with van der Waals surface area (Å²) in [6.45, 7) is 5.93. The first-order valence-electron chi connectivity index (χ1n) is 6.42. The largest absolute Gasteiger partial charge is 0.473 e. The van der Waals surface area contributed by atoms with Crippen LogP contribution < -0.4 is 15.8 Å². The van der Waals surface area contributed by atoms with Crippen molar-refractivity contribution in [2.75, 3.05) is 11.1 Å². The first-order valence-corrected chi connectivity index (χ1v) is 7.21. The highest BCUT2D eigenvalue weighted by atomic mass is 79.9. The summed E-state index contributed by atoms with van der Waals surface area (Å²) in [5.74, 6) is 1.15. The van der Waals surface area contributed by atoms with Gasteiger partial charge in [0.2, 0.25) is 5.88 Å². The lowest BCUT2D eigenvalue weighted by atomic mass is 10.2. The molecule has 0 aliphatic heterocycles. The number of nitrogens with zero attached hydrogens (tertiary/aromatic N) is 1. The van der Waals surface area contributed by atoms with Gasteiger partial charge in [0.25, 0.3) is 0 Å². The summed E-state index contributed by atoms with van der Waals surface area (Å²) in [6.07, 6.45) is 0.0357. The van der Waals surface area contributed by atoms with Gasteiger partial charge < -0.3 is 15.8 Å². The van der Waals surface area contributed by atoms with Crippen molar-refractivity contribution in [1.82, 2.24) is 4.98 Å². The summed E-state index contributed by atoms with van der Waals surface area (Å²) in [4.78, 5) is 4.39. The number of hydrogen-bond acceptors (Lipinski definition) is 4. The van der Waals surface area contributed by atoms with Gasteiger partial charge in [0, 0.05) is 10.2 Å². The van der Waals surface area contributed by atoms with Crippen molar-refractivity contribution in [2.24, 2.45) is 0 Å². The van der Waals surface area contributed by atoms with E-state index in [4.69, 9.17) is 10.5 Å². The molecule has 0 spiro atoms. The molecule has 1 aromatic heterocycles. The van der Waals surface area contributed by atoms with E-state index in [0.717, 1.165) is 10.2 Å². The topological polar surface area (TPSA) is 60.2 Å². The monoisotopic (exact) mass is 335 g/mol. The van der Waals surface area contributed by atoms with Gasteiger partial charge in [0.05, 0.1) is 11.8 Å². The molecule has 0 bridgehead atoms. The lowest BCUT2D eigenvalue weighted by Gasteiger charge is -2.13. The molecule has 1 heterocycles. The molecule has 4 nitrogen and oxygen atoms in total. The van der Waals surface area contributed by atoms with Crippen molar-refractivity contribution in [3.05, 3.63) is 40.4 Å². The molecule has 106 valence electrons. The minimum absolute atomic E-state index is 0.0357. The Balaban J connectivity index is 2.22. The molecule has 0 unspecified atom stereocenters. The van der Waals surface area contributed by atoms with Gasteiger partial charge in [-0.05, 0) is 50.6 Å². The van der Waals surface area contributed by atoms with E-state index in [1.54, 1.807) is 6.07 Å². The number of nitrogens with two attached hydrogens (primary N) is 1. The van der Waals surface area contributed by atoms with Crippen LogP contribution in [-0.4, -0.2) is 11.1 Å². The molecule has 20 heavy (non-hydrogen) atoms. The zero-order valence-corrected chi connectivity index (χ0v) is 13.4. The summed E-state index contributed by atoms with van der Waals surface area (Å²) < 4.78 is 6.63. The SMILES string of the molecule is Cc1ccc(Nc2ccc(N)c(OC(C)C)n2)cc1Br. The molecular weight excluding hydrogens is 318 g/mol. The third-order valence-corrected chi connectivity index (χ3v) is 3.54. The predicted molar refractivity (Wildman–Crippen MR) is 86.6 cm³/mol. The van der Waals surface area contributed by atoms with E-state index in [1.165, 1.54) is 5.56 Å². The van der Waals surface area contributed by atoms with E-state index in [0.29, 0.717) is 17.4 Å². The van der Waals surface area contributed by atoms with Crippen LogP contribution in [0.15, 0.2) is 34.8 Å². The molecule has 0 saturated heterocycles. The molecule has 0 amide bonds. The van der Waals surface area contributed by atoms with Crippen LogP contribution in [0.1, 0.15) is 19.4 Å². The Morgan fingerprint density at radius 3 is 2.65 bits per heavy atom. The molecule has 1 aromatic carbocycles. The van der Waals surface area contributed by atoms with Crippen molar-refractivity contribution in [3.8, 4) is 5.88 Å². The summed E-state index contributed by atoms with van der Waals surface area (Å²) in [5.41, 5.74) is 8.53. The van der Waals surface area contributed by atoms with E-state index in [1.807, 2.05) is 45.0 Å². The minimum atomic E-state index is 0.0357. The van der Waals surface area contributed by atoms with Gasteiger partial charge in [0.15, 0.2) is 0 Å². The van der Waals surface area contributed by atoms with Gasteiger partial charge in [-0.3, -0.25) is 0 Å². The molecule has 0 atom stereocenters. The maximum atomic E-state index is 5.85. The van der Waals surface area contributed by atoms with Crippen molar-refractivity contribution < 1.29 is 4.74 Å². The number of rotatable bonds is 4. The quantitative estimate of drug-likeness (QED) is 0.876. The van der Waals surface area contributed by atoms with Gasteiger partial charge in [-0.1, -0.05) is 22.0 Å². The molecule has 2 rings (SSSR count). The van der Waals surface area contributed by atoms with Gasteiger partial charge in [0.1, 0.15) is 5.82 Å². The molecule has 0 radical (unpaired) electrons. The molecule has 0 aliphatic rings. The Labute approximate surface area is 127 Å². The third-order valence-electron chi connectivity index (χ3n) is 2.68. The van der Waals surface area contributed by atoms with E-state index in [9.17, 15) is 0 Å². The van der Waals surface area contributed by atoms with Gasteiger partial charge in [-0.25, -0.2) is 0 Å². The molecule has 0 fully saturated rings. The number of aryl methyl sites for hydroxylation is 1. The fourth-order valence-corrected chi connectivity index (χ4v) is 2.04. The van der Waals surface area contributed by atoms with Crippen LogP contribution in [0.2, 0.25) is 0 Å². The maximum absolute atomic E-state index is 5.85. The average molecular weight is 336 g/mol.